The van der Waals surface area contributed by atoms with Gasteiger partial charge in [0.05, 0.1) is 5.92 Å². The highest BCUT2D eigenvalue weighted by Crippen LogP contribution is 2.21. The Hall–Kier alpha value is -1.38. The molecule has 1 unspecified atom stereocenters. The van der Waals surface area contributed by atoms with Crippen molar-refractivity contribution < 1.29 is 14.7 Å². The van der Waals surface area contributed by atoms with Gasteiger partial charge in [0, 0.05) is 12.8 Å². The van der Waals surface area contributed by atoms with Crippen LogP contribution in [0.2, 0.25) is 0 Å². The number of Topliss-reactive ketones (excluding diaryl/α,β-unsaturated/α-hetero) is 1. The number of hydrogen-bond acceptors (Lipinski definition) is 2. The lowest BCUT2D eigenvalue weighted by Gasteiger charge is -2.12. The van der Waals surface area contributed by atoms with Gasteiger partial charge in [-0.2, -0.15) is 0 Å². The van der Waals surface area contributed by atoms with Crippen molar-refractivity contribution in [3.63, 3.8) is 0 Å². The van der Waals surface area contributed by atoms with Crippen molar-refractivity contribution in [2.75, 3.05) is 0 Å². The number of carboxylic acid groups (broad SMARTS) is 1. The fourth-order valence-electron chi connectivity index (χ4n) is 8.02. The van der Waals surface area contributed by atoms with Crippen molar-refractivity contribution in [3.05, 3.63) is 24.3 Å². The summed E-state index contributed by atoms with van der Waals surface area (Å²) in [6.07, 6.45) is 60.3. The van der Waals surface area contributed by atoms with E-state index in [1.165, 1.54) is 205 Å². The van der Waals surface area contributed by atoms with Crippen LogP contribution in [0.3, 0.4) is 0 Å². The third-order valence-electron chi connectivity index (χ3n) is 11.8. The minimum atomic E-state index is -0.568. The fourth-order valence-corrected chi connectivity index (χ4v) is 8.02. The van der Waals surface area contributed by atoms with Crippen molar-refractivity contribution in [1.29, 1.82) is 0 Å². The average Bonchev–Trinajstić information content (AvgIpc) is 3.16. The first-order valence-corrected chi connectivity index (χ1v) is 25.0. The monoisotopic (exact) mass is 771 g/mol. The minimum Gasteiger partial charge on any atom is -0.481 e. The Morgan fingerprint density at radius 2 is 0.709 bits per heavy atom. The van der Waals surface area contributed by atoms with Crippen molar-refractivity contribution in [2.45, 2.75) is 284 Å². The summed E-state index contributed by atoms with van der Waals surface area (Å²) >= 11 is 0. The lowest BCUT2D eigenvalue weighted by molar-refractivity contribution is -0.142. The van der Waals surface area contributed by atoms with E-state index >= 15 is 0 Å². The van der Waals surface area contributed by atoms with E-state index in [4.69, 9.17) is 0 Å². The van der Waals surface area contributed by atoms with Crippen LogP contribution in [-0.4, -0.2) is 16.9 Å². The molecule has 0 rings (SSSR count). The van der Waals surface area contributed by atoms with E-state index in [-0.39, 0.29) is 5.92 Å². The van der Waals surface area contributed by atoms with Crippen LogP contribution in [0.1, 0.15) is 284 Å². The van der Waals surface area contributed by atoms with Crippen LogP contribution in [0.5, 0.6) is 0 Å². The first-order valence-electron chi connectivity index (χ1n) is 25.0. The smallest absolute Gasteiger partial charge is 0.306 e. The van der Waals surface area contributed by atoms with E-state index in [1.807, 2.05) is 0 Å². The van der Waals surface area contributed by atoms with Crippen LogP contribution < -0.4 is 0 Å². The molecule has 3 nitrogen and oxygen atoms in total. The van der Waals surface area contributed by atoms with Crippen molar-refractivity contribution in [3.8, 4) is 0 Å². The molecular weight excluding hydrogens is 673 g/mol. The summed E-state index contributed by atoms with van der Waals surface area (Å²) < 4.78 is 0. The molecule has 0 aliphatic heterocycles. The number of unbranched alkanes of at least 4 members (excludes halogenated alkanes) is 31. The summed E-state index contributed by atoms with van der Waals surface area (Å²) in [4.78, 5) is 24.0. The van der Waals surface area contributed by atoms with Gasteiger partial charge in [0.2, 0.25) is 0 Å². The molecule has 0 saturated carbocycles. The van der Waals surface area contributed by atoms with Gasteiger partial charge >= 0.3 is 5.97 Å². The maximum Gasteiger partial charge on any atom is 0.306 e. The van der Waals surface area contributed by atoms with Crippen LogP contribution in [0.4, 0.5) is 0 Å². The van der Waals surface area contributed by atoms with Crippen molar-refractivity contribution in [1.82, 2.24) is 0 Å². The van der Waals surface area contributed by atoms with Gasteiger partial charge < -0.3 is 5.11 Å². The van der Waals surface area contributed by atoms with Gasteiger partial charge in [-0.25, -0.2) is 0 Å². The lowest BCUT2D eigenvalue weighted by Crippen LogP contribution is -2.13. The highest BCUT2D eigenvalue weighted by Gasteiger charge is 2.16. The van der Waals surface area contributed by atoms with E-state index in [0.29, 0.717) is 5.78 Å². The quantitative estimate of drug-likeness (QED) is 0.0495. The summed E-state index contributed by atoms with van der Waals surface area (Å²) in [7, 11) is 0. The van der Waals surface area contributed by atoms with E-state index < -0.39 is 5.97 Å². The van der Waals surface area contributed by atoms with Crippen molar-refractivity contribution >= 4 is 11.8 Å². The molecule has 0 radical (unpaired) electrons. The molecule has 0 spiro atoms. The maximum absolute atomic E-state index is 12.2. The van der Waals surface area contributed by atoms with Gasteiger partial charge in [0.1, 0.15) is 5.78 Å². The molecule has 0 aromatic rings. The van der Waals surface area contributed by atoms with Gasteiger partial charge in [-0.15, -0.1) is 0 Å². The summed E-state index contributed by atoms with van der Waals surface area (Å²) in [5.41, 5.74) is 0. The average molecular weight is 771 g/mol. The summed E-state index contributed by atoms with van der Waals surface area (Å²) in [6.45, 7) is 6.90. The maximum atomic E-state index is 12.2. The number of aliphatic carboxylic acids is 1. The van der Waals surface area contributed by atoms with E-state index in [0.717, 1.165) is 63.7 Å². The molecule has 0 saturated heterocycles. The lowest BCUT2D eigenvalue weighted by atomic mass is 9.94. The number of carbonyl (C=O) groups excluding carboxylic acids is 1. The zero-order valence-corrected chi connectivity index (χ0v) is 37.7. The first-order chi connectivity index (χ1) is 27.0. The molecule has 0 amide bonds. The van der Waals surface area contributed by atoms with Crippen LogP contribution >= 0.6 is 0 Å². The molecule has 1 N–H and O–H groups in total. The number of ketones is 1. The van der Waals surface area contributed by atoms with Crippen LogP contribution in [-0.2, 0) is 9.59 Å². The predicted molar refractivity (Wildman–Crippen MR) is 244 cm³/mol. The van der Waals surface area contributed by atoms with Gasteiger partial charge in [-0.3, -0.25) is 9.59 Å². The summed E-state index contributed by atoms with van der Waals surface area (Å²) in [6, 6.07) is 0. The molecule has 0 bridgehead atoms. The second-order valence-corrected chi connectivity index (χ2v) is 17.9. The summed E-state index contributed by atoms with van der Waals surface area (Å²) in [5.74, 6) is 0.655. The zero-order chi connectivity index (χ0) is 40.1. The zero-order valence-electron chi connectivity index (χ0n) is 37.7. The van der Waals surface area contributed by atoms with Gasteiger partial charge in [-0.05, 0) is 63.7 Å². The van der Waals surface area contributed by atoms with E-state index in [1.54, 1.807) is 0 Å². The summed E-state index contributed by atoms with van der Waals surface area (Å²) in [5, 5.41) is 9.69. The number of rotatable bonds is 46. The van der Waals surface area contributed by atoms with Crippen molar-refractivity contribution in [2.24, 2.45) is 11.8 Å². The molecule has 3 heteroatoms. The molecule has 0 aliphatic rings. The SMILES string of the molecule is CCCCC/C=C\C/C=C\CCCCCCCC(=O)CCCCCCCCCCCCCCCCC(CCCCCCCCCCCCCC(C)C)C(=O)O. The molecule has 0 fully saturated rings. The standard InChI is InChI=1S/C52H98O3/c1-4-5-6-7-8-9-10-11-12-16-22-27-32-37-42-47-51(53)48-43-38-33-28-23-17-14-13-15-20-25-30-35-40-45-50(52(54)55)46-41-36-31-26-21-18-19-24-29-34-39-44-49(2)3/h8-9,11-12,49-50H,4-7,10,13-48H2,1-3H3,(H,54,55)/b9-8-,12-11-. The van der Waals surface area contributed by atoms with Gasteiger partial charge in [0.25, 0.3) is 0 Å². The molecular formula is C52H98O3. The molecule has 0 aromatic heterocycles. The Labute approximate surface area is 345 Å². The van der Waals surface area contributed by atoms with Crippen LogP contribution in [0.15, 0.2) is 24.3 Å². The molecule has 1 atom stereocenters. The number of carbonyl (C=O) groups is 2. The third-order valence-corrected chi connectivity index (χ3v) is 11.8. The van der Waals surface area contributed by atoms with Gasteiger partial charge in [0.15, 0.2) is 0 Å². The second kappa shape index (κ2) is 45.3. The highest BCUT2D eigenvalue weighted by atomic mass is 16.4. The van der Waals surface area contributed by atoms with Gasteiger partial charge in [-0.1, -0.05) is 238 Å². The fraction of sp³-hybridized carbons (Fsp3) is 0.885. The van der Waals surface area contributed by atoms with E-state index in [9.17, 15) is 14.7 Å². The molecule has 0 heterocycles. The molecule has 0 aromatic carbocycles. The number of carboxylic acids is 1. The Bertz CT molecular complexity index is 842. The number of hydrogen-bond donors (Lipinski definition) is 1. The largest absolute Gasteiger partial charge is 0.481 e. The van der Waals surface area contributed by atoms with Crippen LogP contribution in [0.25, 0.3) is 0 Å². The normalized spacial score (nSPS) is 12.5. The Morgan fingerprint density at radius 1 is 0.400 bits per heavy atom. The highest BCUT2D eigenvalue weighted by molar-refractivity contribution is 5.78. The molecule has 55 heavy (non-hydrogen) atoms. The van der Waals surface area contributed by atoms with Crippen LogP contribution in [0, 0.1) is 11.8 Å². The predicted octanol–water partition coefficient (Wildman–Crippen LogP) is 18.0. The Morgan fingerprint density at radius 3 is 1.05 bits per heavy atom. The molecule has 324 valence electrons. The third kappa shape index (κ3) is 45.2. The number of allylic oxidation sites excluding steroid dienone is 4. The topological polar surface area (TPSA) is 54.4 Å². The molecule has 0 aliphatic carbocycles. The Kier molecular flexibility index (Phi) is 44.2. The minimum absolute atomic E-state index is 0.121. The Balaban J connectivity index is 3.40. The van der Waals surface area contributed by atoms with E-state index in [2.05, 4.69) is 45.1 Å². The second-order valence-electron chi connectivity index (χ2n) is 17.9. The first kappa shape index (κ1) is 53.6.